The summed E-state index contributed by atoms with van der Waals surface area (Å²) >= 11 is 1.73. The summed E-state index contributed by atoms with van der Waals surface area (Å²) in [6, 6.07) is 2.14. The second-order valence-corrected chi connectivity index (χ2v) is 6.35. The first-order chi connectivity index (χ1) is 10.3. The number of rotatable bonds is 6. The van der Waals surface area contributed by atoms with Crippen LogP contribution in [0.15, 0.2) is 21.8 Å². The van der Waals surface area contributed by atoms with E-state index in [1.165, 1.54) is 24.8 Å². The van der Waals surface area contributed by atoms with Gasteiger partial charge in [-0.15, -0.1) is 24.0 Å². The van der Waals surface area contributed by atoms with E-state index >= 15 is 0 Å². The maximum Gasteiger partial charge on any atom is 0.193 e. The van der Waals surface area contributed by atoms with Gasteiger partial charge in [0, 0.05) is 33.4 Å². The highest BCUT2D eigenvalue weighted by molar-refractivity contribution is 14.0. The summed E-state index contributed by atoms with van der Waals surface area (Å²) in [5.41, 5.74) is 1.29. The summed E-state index contributed by atoms with van der Waals surface area (Å²) in [7, 11) is 2.13. The van der Waals surface area contributed by atoms with Gasteiger partial charge in [-0.2, -0.15) is 11.3 Å². The first-order valence-corrected chi connectivity index (χ1v) is 8.82. The molecule has 2 heterocycles. The molecule has 1 aromatic rings. The van der Waals surface area contributed by atoms with Gasteiger partial charge in [0.25, 0.3) is 0 Å². The number of thiophene rings is 1. The van der Waals surface area contributed by atoms with Crippen LogP contribution in [-0.2, 0) is 11.3 Å². The lowest BCUT2D eigenvalue weighted by Crippen LogP contribution is -2.40. The molecule has 126 valence electrons. The fourth-order valence-electron chi connectivity index (χ4n) is 2.54. The smallest absolute Gasteiger partial charge is 0.193 e. The van der Waals surface area contributed by atoms with E-state index in [4.69, 9.17) is 9.73 Å². The van der Waals surface area contributed by atoms with Crippen molar-refractivity contribution in [3.63, 3.8) is 0 Å². The van der Waals surface area contributed by atoms with Crippen LogP contribution in [0.2, 0.25) is 0 Å². The van der Waals surface area contributed by atoms with Crippen molar-refractivity contribution in [2.75, 3.05) is 33.4 Å². The van der Waals surface area contributed by atoms with E-state index in [-0.39, 0.29) is 24.0 Å². The Morgan fingerprint density at radius 3 is 2.86 bits per heavy atom. The Morgan fingerprint density at radius 1 is 1.45 bits per heavy atom. The molecule has 0 atom stereocenters. The van der Waals surface area contributed by atoms with E-state index in [2.05, 4.69) is 41.0 Å². The minimum atomic E-state index is 0. The largest absolute Gasteiger partial charge is 0.381 e. The second kappa shape index (κ2) is 11.2. The zero-order chi connectivity index (χ0) is 14.9. The van der Waals surface area contributed by atoms with Crippen LogP contribution in [0.3, 0.4) is 0 Å². The van der Waals surface area contributed by atoms with Gasteiger partial charge in [-0.1, -0.05) is 0 Å². The van der Waals surface area contributed by atoms with Crippen molar-refractivity contribution in [2.24, 2.45) is 10.9 Å². The first kappa shape index (κ1) is 19.7. The van der Waals surface area contributed by atoms with Crippen LogP contribution in [0.25, 0.3) is 0 Å². The highest BCUT2D eigenvalue weighted by Crippen LogP contribution is 2.18. The molecule has 1 aliphatic heterocycles. The Bertz CT molecular complexity index is 419. The molecule has 22 heavy (non-hydrogen) atoms. The van der Waals surface area contributed by atoms with Gasteiger partial charge in [0.2, 0.25) is 0 Å². The molecule has 4 nitrogen and oxygen atoms in total. The molecule has 6 heteroatoms. The Morgan fingerprint density at radius 2 is 2.23 bits per heavy atom. The van der Waals surface area contributed by atoms with Gasteiger partial charge in [-0.3, -0.25) is 0 Å². The Labute approximate surface area is 155 Å². The van der Waals surface area contributed by atoms with Crippen molar-refractivity contribution in [3.05, 3.63) is 22.4 Å². The van der Waals surface area contributed by atoms with Crippen LogP contribution in [-0.4, -0.2) is 44.2 Å². The molecule has 2 rings (SSSR count). The van der Waals surface area contributed by atoms with Crippen LogP contribution >= 0.6 is 35.3 Å². The van der Waals surface area contributed by atoms with Crippen LogP contribution < -0.4 is 5.32 Å². The molecule has 1 N–H and O–H groups in total. The number of guanidine groups is 1. The molecule has 0 amide bonds. The van der Waals surface area contributed by atoms with Crippen LogP contribution in [0.4, 0.5) is 0 Å². The van der Waals surface area contributed by atoms with E-state index in [1.54, 1.807) is 11.3 Å². The third-order valence-electron chi connectivity index (χ3n) is 3.90. The van der Waals surface area contributed by atoms with Gasteiger partial charge >= 0.3 is 0 Å². The monoisotopic (exact) mass is 437 g/mol. The first-order valence-electron chi connectivity index (χ1n) is 7.88. The molecular weight excluding hydrogens is 409 g/mol. The fraction of sp³-hybridized carbons (Fsp3) is 0.688. The molecule has 0 saturated carbocycles. The molecule has 0 aliphatic carbocycles. The van der Waals surface area contributed by atoms with E-state index < -0.39 is 0 Å². The topological polar surface area (TPSA) is 36.9 Å². The number of ether oxygens (including phenoxy) is 1. The van der Waals surface area contributed by atoms with Gasteiger partial charge in [-0.25, -0.2) is 4.99 Å². The highest BCUT2D eigenvalue weighted by Gasteiger charge is 2.15. The molecule has 0 unspecified atom stereocenters. The molecule has 1 saturated heterocycles. The maximum absolute atomic E-state index is 5.42. The lowest BCUT2D eigenvalue weighted by Gasteiger charge is -2.26. The molecule has 0 radical (unpaired) electrons. The molecule has 0 spiro atoms. The van der Waals surface area contributed by atoms with Crippen molar-refractivity contribution >= 4 is 41.3 Å². The third-order valence-corrected chi connectivity index (χ3v) is 4.63. The van der Waals surface area contributed by atoms with Crippen molar-refractivity contribution in [3.8, 4) is 0 Å². The fourth-order valence-corrected chi connectivity index (χ4v) is 3.20. The molecule has 1 aliphatic rings. The van der Waals surface area contributed by atoms with Crippen LogP contribution in [0.1, 0.15) is 31.7 Å². The van der Waals surface area contributed by atoms with E-state index in [1.807, 2.05) is 0 Å². The van der Waals surface area contributed by atoms with E-state index in [9.17, 15) is 0 Å². The summed E-state index contributed by atoms with van der Waals surface area (Å²) in [4.78, 5) is 6.99. The molecule has 1 aromatic heterocycles. The minimum absolute atomic E-state index is 0. The number of nitrogens with zero attached hydrogens (tertiary/aromatic N) is 2. The lowest BCUT2D eigenvalue weighted by atomic mass is 9.96. The third kappa shape index (κ3) is 6.83. The molecular formula is C16H28IN3OS. The predicted molar refractivity (Wildman–Crippen MR) is 105 cm³/mol. The minimum Gasteiger partial charge on any atom is -0.381 e. The number of aliphatic imine (C=N–C) groups is 1. The normalized spacial score (nSPS) is 16.2. The zero-order valence-electron chi connectivity index (χ0n) is 13.6. The van der Waals surface area contributed by atoms with E-state index in [0.29, 0.717) is 0 Å². The number of halogens is 1. The van der Waals surface area contributed by atoms with Gasteiger partial charge in [0.15, 0.2) is 5.96 Å². The number of nitrogens with one attached hydrogen (secondary N) is 1. The van der Waals surface area contributed by atoms with Crippen molar-refractivity contribution in [1.82, 2.24) is 10.2 Å². The maximum atomic E-state index is 5.42. The summed E-state index contributed by atoms with van der Waals surface area (Å²) in [6.45, 7) is 6.70. The number of hydrogen-bond acceptors (Lipinski definition) is 3. The highest BCUT2D eigenvalue weighted by atomic mass is 127. The van der Waals surface area contributed by atoms with Crippen molar-refractivity contribution in [1.29, 1.82) is 0 Å². The van der Waals surface area contributed by atoms with E-state index in [0.717, 1.165) is 44.7 Å². The van der Waals surface area contributed by atoms with Gasteiger partial charge in [0.05, 0.1) is 6.54 Å². The van der Waals surface area contributed by atoms with Gasteiger partial charge in [-0.05, 0) is 54.5 Å². The summed E-state index contributed by atoms with van der Waals surface area (Å²) in [5.74, 6) is 1.82. The molecule has 0 aromatic carbocycles. The summed E-state index contributed by atoms with van der Waals surface area (Å²) < 4.78 is 5.42. The average molecular weight is 437 g/mol. The average Bonchev–Trinajstić information content (AvgIpc) is 3.03. The number of hydrogen-bond donors (Lipinski definition) is 1. The summed E-state index contributed by atoms with van der Waals surface area (Å²) in [6.07, 6.45) is 3.63. The Balaban J connectivity index is 0.00000242. The molecule has 0 bridgehead atoms. The second-order valence-electron chi connectivity index (χ2n) is 5.57. The van der Waals surface area contributed by atoms with Gasteiger partial charge in [0.1, 0.15) is 0 Å². The van der Waals surface area contributed by atoms with Crippen LogP contribution in [0, 0.1) is 5.92 Å². The molecule has 1 fully saturated rings. The standard InChI is InChI=1S/C16H27N3OS.HI/c1-3-17-16(18-12-15-7-11-21-13-15)19(2)8-4-14-5-9-20-10-6-14;/h7,11,13-14H,3-6,8-10,12H2,1-2H3,(H,17,18);1H. The van der Waals surface area contributed by atoms with Gasteiger partial charge < -0.3 is 15.0 Å². The predicted octanol–water partition coefficient (Wildman–Crippen LogP) is 3.58. The zero-order valence-corrected chi connectivity index (χ0v) is 16.7. The van der Waals surface area contributed by atoms with Crippen molar-refractivity contribution in [2.45, 2.75) is 32.7 Å². The Kier molecular flexibility index (Phi) is 10.1. The quantitative estimate of drug-likeness (QED) is 0.420. The SMILES string of the molecule is CCNC(=NCc1ccsc1)N(C)CCC1CCOCC1.I. The lowest BCUT2D eigenvalue weighted by molar-refractivity contribution is 0.0625. The van der Waals surface area contributed by atoms with Crippen molar-refractivity contribution < 1.29 is 4.74 Å². The van der Waals surface area contributed by atoms with Crippen LogP contribution in [0.5, 0.6) is 0 Å². The summed E-state index contributed by atoms with van der Waals surface area (Å²) in [5, 5.41) is 7.65. The Hall–Kier alpha value is -0.340.